The number of imidazole rings is 1. The van der Waals surface area contributed by atoms with Crippen LogP contribution in [0.4, 0.5) is 0 Å². The van der Waals surface area contributed by atoms with Crippen LogP contribution < -0.4 is 5.32 Å². The Morgan fingerprint density at radius 1 is 1.03 bits per heavy atom. The van der Waals surface area contributed by atoms with E-state index in [1.54, 1.807) is 13.2 Å². The van der Waals surface area contributed by atoms with Gasteiger partial charge in [0.25, 0.3) is 5.91 Å². The average Bonchev–Trinajstić information content (AvgIpc) is 3.29. The molecule has 2 aromatic heterocycles. The SMILES string of the molecule is CNC(=O)c1ccc(-c2ccnc3nc(-c4ccc(CN5CCOCC5)cc4)[nH]c23)cc1.Cl. The Balaban J connectivity index is 0.00000259. The number of aromatic amines is 1. The molecule has 170 valence electrons. The minimum absolute atomic E-state index is 0. The van der Waals surface area contributed by atoms with Crippen LogP contribution in [0.25, 0.3) is 33.7 Å². The molecule has 33 heavy (non-hydrogen) atoms. The maximum absolute atomic E-state index is 11.8. The van der Waals surface area contributed by atoms with Crippen LogP contribution >= 0.6 is 12.4 Å². The van der Waals surface area contributed by atoms with Gasteiger partial charge in [0.15, 0.2) is 5.65 Å². The summed E-state index contributed by atoms with van der Waals surface area (Å²) < 4.78 is 5.43. The van der Waals surface area contributed by atoms with Crippen molar-refractivity contribution in [1.82, 2.24) is 25.2 Å². The van der Waals surface area contributed by atoms with Gasteiger partial charge < -0.3 is 15.0 Å². The Morgan fingerprint density at radius 3 is 2.42 bits per heavy atom. The molecule has 4 aromatic rings. The normalized spacial score (nSPS) is 14.1. The second-order valence-electron chi connectivity index (χ2n) is 7.88. The molecule has 0 spiro atoms. The summed E-state index contributed by atoms with van der Waals surface area (Å²) in [6, 6.07) is 18.0. The van der Waals surface area contributed by atoms with Gasteiger partial charge >= 0.3 is 0 Å². The molecule has 0 saturated carbocycles. The van der Waals surface area contributed by atoms with Gasteiger partial charge in [-0.2, -0.15) is 0 Å². The zero-order valence-corrected chi connectivity index (χ0v) is 19.2. The first-order valence-electron chi connectivity index (χ1n) is 10.8. The van der Waals surface area contributed by atoms with E-state index in [0.29, 0.717) is 11.2 Å². The lowest BCUT2D eigenvalue weighted by Crippen LogP contribution is -2.35. The number of hydrogen-bond acceptors (Lipinski definition) is 5. The summed E-state index contributed by atoms with van der Waals surface area (Å²) in [5, 5.41) is 2.64. The molecule has 8 heteroatoms. The van der Waals surface area contributed by atoms with E-state index >= 15 is 0 Å². The number of benzene rings is 2. The van der Waals surface area contributed by atoms with Crippen LogP contribution in [0.1, 0.15) is 15.9 Å². The molecule has 2 N–H and O–H groups in total. The van der Waals surface area contributed by atoms with E-state index in [-0.39, 0.29) is 18.3 Å². The maximum atomic E-state index is 11.8. The summed E-state index contributed by atoms with van der Waals surface area (Å²) in [6.07, 6.45) is 1.76. The largest absolute Gasteiger partial charge is 0.379 e. The molecule has 1 fully saturated rings. The Bertz CT molecular complexity index is 1230. The van der Waals surface area contributed by atoms with Crippen molar-refractivity contribution in [1.29, 1.82) is 0 Å². The van der Waals surface area contributed by atoms with Gasteiger partial charge in [0.05, 0.1) is 18.7 Å². The first-order chi connectivity index (χ1) is 15.7. The molecule has 7 nitrogen and oxygen atoms in total. The van der Waals surface area contributed by atoms with Gasteiger partial charge in [-0.05, 0) is 29.3 Å². The van der Waals surface area contributed by atoms with Crippen molar-refractivity contribution in [3.8, 4) is 22.5 Å². The number of amides is 1. The lowest BCUT2D eigenvalue weighted by Gasteiger charge is -2.26. The number of rotatable bonds is 5. The second kappa shape index (κ2) is 10.1. The predicted octanol–water partition coefficient (Wildman–Crippen LogP) is 3.91. The van der Waals surface area contributed by atoms with Gasteiger partial charge in [-0.3, -0.25) is 9.69 Å². The highest BCUT2D eigenvalue weighted by Crippen LogP contribution is 2.29. The first-order valence-corrected chi connectivity index (χ1v) is 10.8. The highest BCUT2D eigenvalue weighted by atomic mass is 35.5. The van der Waals surface area contributed by atoms with Crippen molar-refractivity contribution in [3.05, 3.63) is 71.9 Å². The Hall–Kier alpha value is -3.26. The van der Waals surface area contributed by atoms with Gasteiger partial charge in [0.2, 0.25) is 0 Å². The number of nitrogens with zero attached hydrogens (tertiary/aromatic N) is 3. The summed E-state index contributed by atoms with van der Waals surface area (Å²) in [7, 11) is 1.63. The van der Waals surface area contributed by atoms with E-state index in [1.165, 1.54) is 5.56 Å². The second-order valence-corrected chi connectivity index (χ2v) is 7.88. The number of H-pyrrole nitrogens is 1. The monoisotopic (exact) mass is 463 g/mol. The zero-order valence-electron chi connectivity index (χ0n) is 18.4. The van der Waals surface area contributed by atoms with E-state index in [9.17, 15) is 4.79 Å². The van der Waals surface area contributed by atoms with Gasteiger partial charge in [-0.15, -0.1) is 12.4 Å². The molecular weight excluding hydrogens is 438 g/mol. The molecule has 2 aromatic carbocycles. The summed E-state index contributed by atoms with van der Waals surface area (Å²) in [5.74, 6) is 0.692. The highest BCUT2D eigenvalue weighted by Gasteiger charge is 2.13. The average molecular weight is 464 g/mol. The maximum Gasteiger partial charge on any atom is 0.251 e. The number of nitrogens with one attached hydrogen (secondary N) is 2. The number of hydrogen-bond donors (Lipinski definition) is 2. The highest BCUT2D eigenvalue weighted by molar-refractivity contribution is 5.96. The Labute approximate surface area is 198 Å². The molecular formula is C25H26ClN5O2. The molecule has 1 saturated heterocycles. The summed E-state index contributed by atoms with van der Waals surface area (Å²) in [6.45, 7) is 4.50. The van der Waals surface area contributed by atoms with Crippen LogP contribution in [0.5, 0.6) is 0 Å². The molecule has 0 atom stereocenters. The summed E-state index contributed by atoms with van der Waals surface area (Å²) >= 11 is 0. The van der Waals surface area contributed by atoms with Crippen molar-refractivity contribution in [2.75, 3.05) is 33.4 Å². The van der Waals surface area contributed by atoms with Crippen molar-refractivity contribution < 1.29 is 9.53 Å². The molecule has 0 bridgehead atoms. The lowest BCUT2D eigenvalue weighted by molar-refractivity contribution is 0.0342. The number of ether oxygens (including phenoxy) is 1. The van der Waals surface area contributed by atoms with Gasteiger partial charge in [0.1, 0.15) is 5.82 Å². The van der Waals surface area contributed by atoms with Gasteiger partial charge in [-0.1, -0.05) is 36.4 Å². The molecule has 1 amide bonds. The van der Waals surface area contributed by atoms with E-state index in [0.717, 1.165) is 60.9 Å². The molecule has 3 heterocycles. The van der Waals surface area contributed by atoms with Gasteiger partial charge in [-0.25, -0.2) is 9.97 Å². The van der Waals surface area contributed by atoms with Crippen molar-refractivity contribution >= 4 is 29.5 Å². The standard InChI is InChI=1S/C25H25N5O2.ClH/c1-26-25(31)20-8-6-18(7-9-20)21-10-11-27-24-22(21)28-23(29-24)19-4-2-17(3-5-19)16-30-12-14-32-15-13-30;/h2-11H,12-16H2,1H3,(H,26,31)(H,27,28,29);1H. The summed E-state index contributed by atoms with van der Waals surface area (Å²) in [5.41, 5.74) is 6.49. The van der Waals surface area contributed by atoms with E-state index in [4.69, 9.17) is 9.72 Å². The molecule has 1 aliphatic heterocycles. The number of aromatic nitrogens is 3. The Kier molecular flexibility index (Phi) is 7.03. The minimum Gasteiger partial charge on any atom is -0.379 e. The smallest absolute Gasteiger partial charge is 0.251 e. The molecule has 0 aliphatic carbocycles. The van der Waals surface area contributed by atoms with E-state index in [1.807, 2.05) is 30.3 Å². The van der Waals surface area contributed by atoms with Crippen LogP contribution in [0, 0.1) is 0 Å². The van der Waals surface area contributed by atoms with Gasteiger partial charge in [0, 0.05) is 49.6 Å². The number of fused-ring (bicyclic) bond motifs is 1. The molecule has 0 radical (unpaired) electrons. The van der Waals surface area contributed by atoms with Crippen molar-refractivity contribution in [3.63, 3.8) is 0 Å². The lowest BCUT2D eigenvalue weighted by atomic mass is 10.0. The number of halogens is 1. The topological polar surface area (TPSA) is 83.1 Å². The van der Waals surface area contributed by atoms with Crippen LogP contribution in [-0.2, 0) is 11.3 Å². The quantitative estimate of drug-likeness (QED) is 0.469. The number of pyridine rings is 1. The van der Waals surface area contributed by atoms with Crippen LogP contribution in [0.3, 0.4) is 0 Å². The fourth-order valence-electron chi connectivity index (χ4n) is 4.02. The fraction of sp³-hybridized carbons (Fsp3) is 0.240. The zero-order chi connectivity index (χ0) is 21.9. The van der Waals surface area contributed by atoms with Crippen LogP contribution in [-0.4, -0.2) is 59.1 Å². The van der Waals surface area contributed by atoms with Crippen molar-refractivity contribution in [2.45, 2.75) is 6.54 Å². The fourth-order valence-corrected chi connectivity index (χ4v) is 4.02. The minimum atomic E-state index is -0.0997. The molecule has 1 aliphatic rings. The summed E-state index contributed by atoms with van der Waals surface area (Å²) in [4.78, 5) is 26.8. The number of carbonyl (C=O) groups excluding carboxylic acids is 1. The Morgan fingerprint density at radius 2 is 1.73 bits per heavy atom. The number of carbonyl (C=O) groups is 1. The first kappa shape index (κ1) is 22.9. The van der Waals surface area contributed by atoms with E-state index < -0.39 is 0 Å². The third-order valence-electron chi connectivity index (χ3n) is 5.81. The van der Waals surface area contributed by atoms with Crippen LogP contribution in [0.2, 0.25) is 0 Å². The molecule has 5 rings (SSSR count). The third kappa shape index (κ3) is 4.90. The van der Waals surface area contributed by atoms with Crippen molar-refractivity contribution in [2.24, 2.45) is 0 Å². The molecule has 0 unspecified atom stereocenters. The van der Waals surface area contributed by atoms with Crippen LogP contribution in [0.15, 0.2) is 60.8 Å². The van der Waals surface area contributed by atoms with E-state index in [2.05, 4.69) is 44.5 Å². The third-order valence-corrected chi connectivity index (χ3v) is 5.81. The predicted molar refractivity (Wildman–Crippen MR) is 131 cm³/mol. The number of morpholine rings is 1.